The molecule has 8 rings (SSSR count). The molecule has 3 aliphatic heterocycles. The Balaban J connectivity index is 0.772. The molecule has 2 N–H and O–H groups in total. The number of hydrogen-bond donors (Lipinski definition) is 2. The summed E-state index contributed by atoms with van der Waals surface area (Å²) in [6.45, 7) is 14.8. The van der Waals surface area contributed by atoms with E-state index < -0.39 is 11.9 Å². The third-order valence-electron chi connectivity index (χ3n) is 13.1. The summed E-state index contributed by atoms with van der Waals surface area (Å²) in [6, 6.07) is 12.0. The monoisotopic (exact) mass is 834 g/mol. The first-order valence-corrected chi connectivity index (χ1v) is 21.2. The SMILES string of the molecule is CC1(C)C(NC(=O)c2cnc(N3CCC(CCN4CCN(c5ccc6c(=O)n(C7CCC(=O)NC7=O)ncc6c5)CC4)CC3)nc2)C(C)(C)C1Oc1ccc(C#N)c(Cl)c1. The minimum absolute atomic E-state index is 0.167. The molecule has 16 heteroatoms. The quantitative estimate of drug-likeness (QED) is 0.210. The van der Waals surface area contributed by atoms with Gasteiger partial charge in [-0.25, -0.2) is 14.6 Å². The van der Waals surface area contributed by atoms with E-state index >= 15 is 0 Å². The van der Waals surface area contributed by atoms with Crippen LogP contribution in [0.5, 0.6) is 5.75 Å². The lowest BCUT2D eigenvalue weighted by Gasteiger charge is -2.63. The van der Waals surface area contributed by atoms with E-state index in [0.29, 0.717) is 39.2 Å². The molecule has 1 aliphatic carbocycles. The molecular weight excluding hydrogens is 784 g/mol. The first-order valence-electron chi connectivity index (χ1n) is 20.8. The molecule has 314 valence electrons. The van der Waals surface area contributed by atoms with Crippen molar-refractivity contribution in [2.24, 2.45) is 16.7 Å². The predicted octanol–water partition coefficient (Wildman–Crippen LogP) is 4.73. The number of carbonyl (C=O) groups excluding carboxylic acids is 3. The van der Waals surface area contributed by atoms with Crippen LogP contribution in [-0.4, -0.2) is 100 Å². The number of ether oxygens (including phenoxy) is 1. The van der Waals surface area contributed by atoms with Gasteiger partial charge in [-0.15, -0.1) is 0 Å². The van der Waals surface area contributed by atoms with Crippen molar-refractivity contribution in [2.75, 3.05) is 55.6 Å². The molecule has 3 saturated heterocycles. The maximum absolute atomic E-state index is 13.4. The standard InChI is InChI=1S/C44H51ClN10O5/c1-43(2)40(44(3,4)41(43)60-32-7-5-28(23-46)34(45)22-32)51-37(57)30-24-47-42(48-25-30)54-15-12-27(13-16-54)11-14-52-17-19-53(20-18-52)31-6-8-33-29(21-31)26-49-55(39(33)59)35-9-10-36(56)50-38(35)58/h5-8,21-22,24-27,35,40-41H,9-20H2,1-4H3,(H,51,57)(H,50,56,58). The third kappa shape index (κ3) is 8.02. The van der Waals surface area contributed by atoms with Crippen molar-refractivity contribution in [1.29, 1.82) is 5.26 Å². The number of hydrogen-bond acceptors (Lipinski definition) is 12. The predicted molar refractivity (Wildman–Crippen MR) is 227 cm³/mol. The first-order chi connectivity index (χ1) is 28.7. The molecule has 60 heavy (non-hydrogen) atoms. The third-order valence-corrected chi connectivity index (χ3v) is 13.4. The van der Waals surface area contributed by atoms with Gasteiger partial charge >= 0.3 is 0 Å². The largest absolute Gasteiger partial charge is 0.489 e. The van der Waals surface area contributed by atoms with Gasteiger partial charge in [-0.3, -0.25) is 29.4 Å². The average Bonchev–Trinajstić information content (AvgIpc) is 3.24. The van der Waals surface area contributed by atoms with Crippen LogP contribution in [0.2, 0.25) is 5.02 Å². The van der Waals surface area contributed by atoms with Gasteiger partial charge in [0.2, 0.25) is 11.9 Å². The molecule has 1 saturated carbocycles. The van der Waals surface area contributed by atoms with E-state index in [1.807, 2.05) is 18.2 Å². The lowest BCUT2D eigenvalue weighted by Crippen LogP contribution is -2.74. The van der Waals surface area contributed by atoms with Crippen molar-refractivity contribution >= 4 is 51.7 Å². The Hall–Kier alpha value is -5.59. The van der Waals surface area contributed by atoms with E-state index in [1.54, 1.807) is 36.8 Å². The molecule has 1 unspecified atom stereocenters. The number of nitrogens with one attached hydrogen (secondary N) is 2. The van der Waals surface area contributed by atoms with Gasteiger partial charge < -0.3 is 19.9 Å². The number of piperazine rings is 1. The highest BCUT2D eigenvalue weighted by molar-refractivity contribution is 6.31. The molecule has 0 spiro atoms. The second-order valence-electron chi connectivity index (χ2n) is 17.8. The number of imide groups is 1. The number of piperidine rings is 2. The molecule has 4 aromatic rings. The van der Waals surface area contributed by atoms with Crippen LogP contribution in [-0.2, 0) is 9.59 Å². The number of nitriles is 1. The van der Waals surface area contributed by atoms with Gasteiger partial charge in [0, 0.05) is 92.1 Å². The molecule has 2 aromatic heterocycles. The fraction of sp³-hybridized carbons (Fsp3) is 0.500. The first kappa shape index (κ1) is 41.2. The van der Waals surface area contributed by atoms with E-state index in [-0.39, 0.29) is 53.2 Å². The maximum Gasteiger partial charge on any atom is 0.275 e. The van der Waals surface area contributed by atoms with Crippen LogP contribution in [0.15, 0.2) is 59.8 Å². The Kier molecular flexibility index (Phi) is 11.3. The molecule has 5 heterocycles. The van der Waals surface area contributed by atoms with Gasteiger partial charge in [0.05, 0.1) is 27.7 Å². The van der Waals surface area contributed by atoms with E-state index in [9.17, 15) is 24.4 Å². The Morgan fingerprint density at radius 3 is 2.32 bits per heavy atom. The summed E-state index contributed by atoms with van der Waals surface area (Å²) in [4.78, 5) is 66.9. The van der Waals surface area contributed by atoms with E-state index in [4.69, 9.17) is 16.3 Å². The smallest absolute Gasteiger partial charge is 0.275 e. The second-order valence-corrected chi connectivity index (χ2v) is 18.2. The van der Waals surface area contributed by atoms with Gasteiger partial charge in [-0.05, 0) is 68.5 Å². The number of anilines is 2. The number of carbonyl (C=O) groups is 3. The minimum Gasteiger partial charge on any atom is -0.489 e. The zero-order valence-electron chi connectivity index (χ0n) is 34.5. The molecular formula is C44H51ClN10O5. The van der Waals surface area contributed by atoms with E-state index in [2.05, 4.69) is 74.2 Å². The summed E-state index contributed by atoms with van der Waals surface area (Å²) < 4.78 is 7.56. The zero-order chi connectivity index (χ0) is 42.3. The topological polar surface area (TPSA) is 179 Å². The van der Waals surface area contributed by atoms with Crippen LogP contribution in [0.1, 0.15) is 81.8 Å². The molecule has 1 atom stereocenters. The summed E-state index contributed by atoms with van der Waals surface area (Å²) in [5.74, 6) is 0.812. The molecule has 4 aliphatic rings. The number of fused-ring (bicyclic) bond motifs is 1. The maximum atomic E-state index is 13.4. The van der Waals surface area contributed by atoms with Crippen molar-refractivity contribution in [1.82, 2.24) is 35.3 Å². The number of rotatable bonds is 10. The summed E-state index contributed by atoms with van der Waals surface area (Å²) in [5.41, 5.74) is 0.763. The van der Waals surface area contributed by atoms with Gasteiger partial charge in [0.15, 0.2) is 0 Å². The molecule has 0 bridgehead atoms. The number of amides is 3. The normalized spacial score (nSPS) is 23.1. The second kappa shape index (κ2) is 16.5. The van der Waals surface area contributed by atoms with E-state index in [0.717, 1.165) is 76.1 Å². The molecule has 3 amide bonds. The Morgan fingerprint density at radius 1 is 0.933 bits per heavy atom. The summed E-state index contributed by atoms with van der Waals surface area (Å²) in [7, 11) is 0. The Morgan fingerprint density at radius 2 is 1.65 bits per heavy atom. The average molecular weight is 835 g/mol. The van der Waals surface area contributed by atoms with E-state index in [1.165, 1.54) is 4.68 Å². The van der Waals surface area contributed by atoms with Gasteiger partial charge in [0.1, 0.15) is 24.0 Å². The fourth-order valence-corrected chi connectivity index (χ4v) is 10.1. The van der Waals surface area contributed by atoms with Crippen molar-refractivity contribution in [3.05, 3.63) is 81.5 Å². The highest BCUT2D eigenvalue weighted by Gasteiger charge is 2.64. The summed E-state index contributed by atoms with van der Waals surface area (Å²) in [6.07, 6.45) is 8.36. The Bertz CT molecular complexity index is 2380. The lowest BCUT2D eigenvalue weighted by molar-refractivity contribution is -0.164. The Labute approximate surface area is 354 Å². The zero-order valence-corrected chi connectivity index (χ0v) is 35.2. The molecule has 4 fully saturated rings. The summed E-state index contributed by atoms with van der Waals surface area (Å²) >= 11 is 6.25. The van der Waals surface area contributed by atoms with Crippen molar-refractivity contribution in [2.45, 2.75) is 78.0 Å². The highest BCUT2D eigenvalue weighted by atomic mass is 35.5. The van der Waals surface area contributed by atoms with Crippen LogP contribution >= 0.6 is 11.6 Å². The van der Waals surface area contributed by atoms with Crippen molar-refractivity contribution < 1.29 is 19.1 Å². The molecule has 2 aromatic carbocycles. The molecule has 0 radical (unpaired) electrons. The van der Waals surface area contributed by atoms with Crippen LogP contribution < -0.4 is 30.7 Å². The van der Waals surface area contributed by atoms with Gasteiger partial charge in [0.25, 0.3) is 17.4 Å². The number of nitrogens with zero attached hydrogens (tertiary/aromatic N) is 8. The van der Waals surface area contributed by atoms with Crippen LogP contribution in [0.25, 0.3) is 10.8 Å². The van der Waals surface area contributed by atoms with Crippen LogP contribution in [0.4, 0.5) is 11.6 Å². The lowest BCUT2D eigenvalue weighted by atomic mass is 9.49. The molecule has 15 nitrogen and oxygen atoms in total. The van der Waals surface area contributed by atoms with Crippen molar-refractivity contribution in [3.8, 4) is 11.8 Å². The van der Waals surface area contributed by atoms with Crippen molar-refractivity contribution in [3.63, 3.8) is 0 Å². The fourth-order valence-electron chi connectivity index (χ4n) is 9.91. The number of benzene rings is 2. The summed E-state index contributed by atoms with van der Waals surface area (Å²) in [5, 5.41) is 20.6. The number of halogens is 1. The van der Waals surface area contributed by atoms with Crippen LogP contribution in [0.3, 0.4) is 0 Å². The minimum atomic E-state index is -0.783. The van der Waals surface area contributed by atoms with Gasteiger partial charge in [-0.1, -0.05) is 39.3 Å². The highest BCUT2D eigenvalue weighted by Crippen LogP contribution is 2.55. The number of aromatic nitrogens is 4. The van der Waals surface area contributed by atoms with Gasteiger partial charge in [-0.2, -0.15) is 10.4 Å². The van der Waals surface area contributed by atoms with Crippen LogP contribution in [0, 0.1) is 28.1 Å².